The van der Waals surface area contributed by atoms with E-state index in [4.69, 9.17) is 18.7 Å². The topological polar surface area (TPSA) is 315 Å². The number of aromatic nitrogens is 2. The van der Waals surface area contributed by atoms with Gasteiger partial charge in [-0.05, 0) is 20.8 Å². The first kappa shape index (κ1) is 35.4. The fourth-order valence-electron chi connectivity index (χ4n) is 3.97. The summed E-state index contributed by atoms with van der Waals surface area (Å²) in [7, 11) is -11.3. The van der Waals surface area contributed by atoms with Gasteiger partial charge in [0, 0.05) is 12.3 Å². The normalized spacial score (nSPS) is 34.2. The number of hydrogen-bond acceptors (Lipinski definition) is 16. The van der Waals surface area contributed by atoms with Gasteiger partial charge in [0.15, 0.2) is 12.5 Å². The van der Waals surface area contributed by atoms with Crippen LogP contribution in [0.1, 0.15) is 27.0 Å². The number of alkyl carbamates (subject to hydrolysis) is 1. The number of carbonyl (C=O) groups is 1. The zero-order valence-electron chi connectivity index (χ0n) is 22.7. The minimum absolute atomic E-state index is 0.719. The first-order valence-corrected chi connectivity index (χ1v) is 15.4. The number of aromatic amines is 1. The average molecular weight is 665 g/mol. The third-order valence-electron chi connectivity index (χ3n) is 5.87. The Balaban J connectivity index is 1.68. The van der Waals surface area contributed by atoms with Crippen LogP contribution in [0.15, 0.2) is 21.9 Å². The number of aliphatic hydroxyl groups excluding tert-OH is 5. The van der Waals surface area contributed by atoms with Crippen LogP contribution in [0.4, 0.5) is 4.79 Å². The first-order chi connectivity index (χ1) is 19.7. The Morgan fingerprint density at radius 1 is 1.02 bits per heavy atom. The zero-order chi connectivity index (χ0) is 32.5. The molecule has 1 aromatic heterocycles. The van der Waals surface area contributed by atoms with Crippen molar-refractivity contribution in [3.8, 4) is 0 Å². The van der Waals surface area contributed by atoms with Gasteiger partial charge in [0.25, 0.3) is 5.56 Å². The van der Waals surface area contributed by atoms with E-state index in [2.05, 4.69) is 14.2 Å². The highest BCUT2D eigenvalue weighted by atomic mass is 31.3. The second-order valence-corrected chi connectivity index (χ2v) is 13.4. The van der Waals surface area contributed by atoms with Crippen LogP contribution in [0, 0.1) is 0 Å². The molecule has 0 bridgehead atoms. The summed E-state index contributed by atoms with van der Waals surface area (Å²) < 4.78 is 54.8. The van der Waals surface area contributed by atoms with Crippen molar-refractivity contribution in [1.29, 1.82) is 0 Å². The van der Waals surface area contributed by atoms with Gasteiger partial charge in [-0.2, -0.15) is 4.31 Å². The van der Waals surface area contributed by atoms with Crippen LogP contribution in [0.5, 0.6) is 0 Å². The second kappa shape index (κ2) is 13.5. The van der Waals surface area contributed by atoms with Gasteiger partial charge >= 0.3 is 27.4 Å². The standard InChI is InChI=1S/C20H33N3O18P2/c1-20(2,3)39-19(31)22-11-14(28)12(26)8(6-24)38-17(11)40-43(34,35)41-42(32,33)36-7-9-13(27)15(29)16(37-9)23-5-4-10(25)21-18(23)30/h4-5,8-9,11-17,24,26-29H,6-7H2,1-3H3,(H,22,31)(H,32,33)(H,34,35)(H,21,25,30)/t8-,9-,11-,12-,13-,14-,15-,16-,17-/m1/s1. The van der Waals surface area contributed by atoms with E-state index >= 15 is 0 Å². The van der Waals surface area contributed by atoms with Crippen LogP contribution in [0.3, 0.4) is 0 Å². The van der Waals surface area contributed by atoms with Crippen molar-refractivity contribution in [3.05, 3.63) is 33.1 Å². The third-order valence-corrected chi connectivity index (χ3v) is 8.47. The summed E-state index contributed by atoms with van der Waals surface area (Å²) in [6, 6.07) is -0.915. The number of phosphoric ester groups is 2. The number of hydrogen-bond donors (Lipinski definition) is 9. The van der Waals surface area contributed by atoms with E-state index < -0.39 is 107 Å². The van der Waals surface area contributed by atoms with Gasteiger partial charge in [-0.3, -0.25) is 23.4 Å². The van der Waals surface area contributed by atoms with Crippen molar-refractivity contribution >= 4 is 21.7 Å². The first-order valence-electron chi connectivity index (χ1n) is 12.4. The maximum absolute atomic E-state index is 12.6. The molecule has 1 amide bonds. The summed E-state index contributed by atoms with van der Waals surface area (Å²) in [6.45, 7) is 2.51. The molecule has 0 saturated carbocycles. The molecule has 9 N–H and O–H groups in total. The number of amides is 1. The molecule has 0 aliphatic carbocycles. The van der Waals surface area contributed by atoms with Crippen LogP contribution in [-0.4, -0.2) is 119 Å². The lowest BCUT2D eigenvalue weighted by atomic mass is 9.97. The summed E-state index contributed by atoms with van der Waals surface area (Å²) in [6.07, 6.45) is -14.6. The summed E-state index contributed by atoms with van der Waals surface area (Å²) in [5.41, 5.74) is -2.80. The van der Waals surface area contributed by atoms with Crippen molar-refractivity contribution in [1.82, 2.24) is 14.9 Å². The highest BCUT2D eigenvalue weighted by Crippen LogP contribution is 2.61. The van der Waals surface area contributed by atoms with E-state index in [0.717, 1.165) is 16.8 Å². The van der Waals surface area contributed by atoms with E-state index in [1.807, 2.05) is 4.98 Å². The van der Waals surface area contributed by atoms with Gasteiger partial charge in [0.1, 0.15) is 48.3 Å². The Hall–Kier alpha value is -2.07. The molecule has 2 aliphatic heterocycles. The van der Waals surface area contributed by atoms with Crippen molar-refractivity contribution in [2.24, 2.45) is 0 Å². The van der Waals surface area contributed by atoms with Gasteiger partial charge < -0.3 is 54.8 Å². The molecule has 1 aromatic rings. The number of nitrogens with zero attached hydrogens (tertiary/aromatic N) is 1. The van der Waals surface area contributed by atoms with Crippen molar-refractivity contribution in [2.75, 3.05) is 13.2 Å². The van der Waals surface area contributed by atoms with Crippen LogP contribution < -0.4 is 16.6 Å². The highest BCUT2D eigenvalue weighted by Gasteiger charge is 2.51. The van der Waals surface area contributed by atoms with Crippen LogP contribution in [-0.2, 0) is 36.7 Å². The van der Waals surface area contributed by atoms with Gasteiger partial charge in [-0.15, -0.1) is 0 Å². The fourth-order valence-corrected chi connectivity index (χ4v) is 6.13. The lowest BCUT2D eigenvalue weighted by molar-refractivity contribution is -0.247. The summed E-state index contributed by atoms with van der Waals surface area (Å²) in [5, 5.41) is 52.6. The van der Waals surface area contributed by atoms with Gasteiger partial charge in [-0.25, -0.2) is 18.7 Å². The fraction of sp³-hybridized carbons (Fsp3) is 0.750. The van der Waals surface area contributed by atoms with Crippen LogP contribution in [0.25, 0.3) is 0 Å². The molecule has 0 radical (unpaired) electrons. The SMILES string of the molecule is CC(C)(C)OC(=O)N[C@H]1[C@@H](OP(=O)(O)OP(=O)(O)OC[C@H]2O[C@@H](n3ccc(=O)[nH]c3=O)[C@H](O)[C@@H]2O)O[C@H](CO)[C@@H](O)[C@@H]1O. The van der Waals surface area contributed by atoms with Gasteiger partial charge in [0.2, 0.25) is 0 Å². The predicted octanol–water partition coefficient (Wildman–Crippen LogP) is -3.26. The lowest BCUT2D eigenvalue weighted by Crippen LogP contribution is -2.64. The van der Waals surface area contributed by atoms with E-state index in [0.29, 0.717) is 0 Å². The predicted molar refractivity (Wildman–Crippen MR) is 136 cm³/mol. The van der Waals surface area contributed by atoms with E-state index in [-0.39, 0.29) is 0 Å². The molecular weight excluding hydrogens is 632 g/mol. The molecule has 11 atom stereocenters. The molecule has 2 saturated heterocycles. The van der Waals surface area contributed by atoms with Crippen LogP contribution in [0.2, 0.25) is 0 Å². The number of H-pyrrole nitrogens is 1. The molecule has 3 rings (SSSR count). The molecule has 21 nitrogen and oxygen atoms in total. The van der Waals surface area contributed by atoms with E-state index in [1.165, 1.54) is 20.8 Å². The number of ether oxygens (including phenoxy) is 3. The maximum Gasteiger partial charge on any atom is 0.483 e. The lowest BCUT2D eigenvalue weighted by Gasteiger charge is -2.42. The number of nitrogens with one attached hydrogen (secondary N) is 2. The highest BCUT2D eigenvalue weighted by molar-refractivity contribution is 7.61. The number of aliphatic hydroxyl groups is 5. The Bertz CT molecular complexity index is 1350. The summed E-state index contributed by atoms with van der Waals surface area (Å²) in [5.74, 6) is 0. The molecule has 3 heterocycles. The minimum Gasteiger partial charge on any atom is -0.444 e. The molecule has 246 valence electrons. The van der Waals surface area contributed by atoms with E-state index in [9.17, 15) is 58.8 Å². The molecule has 0 aromatic carbocycles. The Morgan fingerprint density at radius 2 is 1.65 bits per heavy atom. The van der Waals surface area contributed by atoms with Crippen LogP contribution >= 0.6 is 15.6 Å². The third kappa shape index (κ3) is 9.22. The molecule has 2 unspecified atom stereocenters. The largest absolute Gasteiger partial charge is 0.483 e. The smallest absolute Gasteiger partial charge is 0.444 e. The molecule has 2 fully saturated rings. The second-order valence-electron chi connectivity index (χ2n) is 10.4. The molecular formula is C20H33N3O18P2. The molecule has 43 heavy (non-hydrogen) atoms. The Labute approximate surface area is 241 Å². The van der Waals surface area contributed by atoms with Crippen molar-refractivity contribution in [2.45, 2.75) is 81.6 Å². The summed E-state index contributed by atoms with van der Waals surface area (Å²) in [4.78, 5) is 57.6. The molecule has 0 spiro atoms. The van der Waals surface area contributed by atoms with Crippen molar-refractivity contribution in [3.63, 3.8) is 0 Å². The molecule has 23 heteroatoms. The van der Waals surface area contributed by atoms with Crippen molar-refractivity contribution < 1.29 is 76.8 Å². The number of phosphoric acid groups is 2. The average Bonchev–Trinajstić information content (AvgIpc) is 3.14. The minimum atomic E-state index is -5.71. The number of carbonyl (C=O) groups excluding carboxylic acids is 1. The summed E-state index contributed by atoms with van der Waals surface area (Å²) >= 11 is 0. The monoisotopic (exact) mass is 665 g/mol. The Morgan fingerprint density at radius 3 is 2.23 bits per heavy atom. The number of rotatable bonds is 10. The van der Waals surface area contributed by atoms with E-state index in [1.54, 1.807) is 0 Å². The van der Waals surface area contributed by atoms with Gasteiger partial charge in [0.05, 0.1) is 13.2 Å². The van der Waals surface area contributed by atoms with Gasteiger partial charge in [-0.1, -0.05) is 0 Å². The Kier molecular flexibility index (Phi) is 11.1. The zero-order valence-corrected chi connectivity index (χ0v) is 24.5. The quantitative estimate of drug-likeness (QED) is 0.111. The maximum atomic E-state index is 12.6. The molecule has 2 aliphatic rings.